The van der Waals surface area contributed by atoms with Crippen molar-refractivity contribution in [2.45, 2.75) is 0 Å². The summed E-state index contributed by atoms with van der Waals surface area (Å²) in [6.07, 6.45) is 1.98. The first kappa shape index (κ1) is 6.97. The Kier molecular flexibility index (Phi) is 1.52. The largest absolute Gasteiger partial charge is 0.399 e. The third-order valence-electron chi connectivity index (χ3n) is 1.66. The van der Waals surface area contributed by atoms with E-state index in [2.05, 4.69) is 27.6 Å². The Hall–Kier alpha value is -0.710. The predicted molar refractivity (Wildman–Crippen MR) is 55.4 cm³/mol. The Labute approximate surface area is 77.9 Å². The molecular formula is C8H7IN2. The summed E-state index contributed by atoms with van der Waals surface area (Å²) in [5.41, 5.74) is 7.52. The van der Waals surface area contributed by atoms with E-state index in [1.165, 1.54) is 8.96 Å². The van der Waals surface area contributed by atoms with Crippen molar-refractivity contribution >= 4 is 39.2 Å². The number of hydrogen-bond acceptors (Lipinski definition) is 1. The molecule has 2 nitrogen and oxygen atoms in total. The summed E-state index contributed by atoms with van der Waals surface area (Å²) in [5, 5.41) is 1.24. The number of rotatable bonds is 0. The molecule has 0 fully saturated rings. The zero-order chi connectivity index (χ0) is 7.84. The molecule has 0 atom stereocenters. The molecule has 0 unspecified atom stereocenters. The molecular weight excluding hydrogens is 251 g/mol. The van der Waals surface area contributed by atoms with Gasteiger partial charge in [0.25, 0.3) is 0 Å². The quantitative estimate of drug-likeness (QED) is 0.552. The molecule has 3 N–H and O–H groups in total. The van der Waals surface area contributed by atoms with Crippen molar-refractivity contribution in [1.29, 1.82) is 0 Å². The van der Waals surface area contributed by atoms with Gasteiger partial charge in [0, 0.05) is 26.4 Å². The number of fused-ring (bicyclic) bond motifs is 1. The van der Waals surface area contributed by atoms with E-state index in [4.69, 9.17) is 5.73 Å². The molecule has 0 spiro atoms. The van der Waals surface area contributed by atoms with Crippen LogP contribution in [-0.4, -0.2) is 4.98 Å². The first-order valence-electron chi connectivity index (χ1n) is 3.29. The molecule has 0 amide bonds. The zero-order valence-electron chi connectivity index (χ0n) is 5.76. The number of benzene rings is 1. The summed E-state index contributed by atoms with van der Waals surface area (Å²) < 4.78 is 1.23. The lowest BCUT2D eigenvalue weighted by Gasteiger charge is -1.92. The molecule has 0 saturated carbocycles. The van der Waals surface area contributed by atoms with Crippen LogP contribution in [0.15, 0.2) is 24.4 Å². The standard InChI is InChI=1S/C8H7IN2/c9-7-4-11-8-3-5(10)1-2-6(7)8/h1-4,11H,10H2. The van der Waals surface area contributed by atoms with Gasteiger partial charge in [0.05, 0.1) is 0 Å². The van der Waals surface area contributed by atoms with Crippen molar-refractivity contribution in [2.24, 2.45) is 0 Å². The first-order chi connectivity index (χ1) is 5.27. The Bertz CT molecular complexity index is 392. The molecule has 11 heavy (non-hydrogen) atoms. The van der Waals surface area contributed by atoms with E-state index in [-0.39, 0.29) is 0 Å². The number of nitrogen functional groups attached to an aromatic ring is 1. The Morgan fingerprint density at radius 2 is 2.18 bits per heavy atom. The number of aromatic amines is 1. The fourth-order valence-electron chi connectivity index (χ4n) is 1.11. The summed E-state index contributed by atoms with van der Waals surface area (Å²) in [6.45, 7) is 0. The number of hydrogen-bond donors (Lipinski definition) is 2. The van der Waals surface area contributed by atoms with Crippen molar-refractivity contribution in [3.8, 4) is 0 Å². The van der Waals surface area contributed by atoms with Crippen LogP contribution in [0.5, 0.6) is 0 Å². The molecule has 2 rings (SSSR count). The van der Waals surface area contributed by atoms with Crippen molar-refractivity contribution in [3.05, 3.63) is 28.0 Å². The molecule has 0 aliphatic carbocycles. The van der Waals surface area contributed by atoms with Gasteiger partial charge in [-0.25, -0.2) is 0 Å². The summed E-state index contributed by atoms with van der Waals surface area (Å²) in [6, 6.07) is 5.89. The van der Waals surface area contributed by atoms with Gasteiger partial charge in [-0.3, -0.25) is 0 Å². The molecule has 56 valence electrons. The van der Waals surface area contributed by atoms with Gasteiger partial charge < -0.3 is 10.7 Å². The lowest BCUT2D eigenvalue weighted by Crippen LogP contribution is -1.82. The van der Waals surface area contributed by atoms with E-state index < -0.39 is 0 Å². The van der Waals surface area contributed by atoms with E-state index in [9.17, 15) is 0 Å². The highest BCUT2D eigenvalue weighted by Crippen LogP contribution is 2.21. The van der Waals surface area contributed by atoms with E-state index in [0.717, 1.165) is 11.2 Å². The maximum atomic E-state index is 5.61. The van der Waals surface area contributed by atoms with Crippen LogP contribution in [0.2, 0.25) is 0 Å². The van der Waals surface area contributed by atoms with E-state index >= 15 is 0 Å². The van der Waals surface area contributed by atoms with E-state index in [0.29, 0.717) is 0 Å². The van der Waals surface area contributed by atoms with Crippen LogP contribution >= 0.6 is 22.6 Å². The molecule has 0 aliphatic rings. The number of H-pyrrole nitrogens is 1. The first-order valence-corrected chi connectivity index (χ1v) is 4.37. The van der Waals surface area contributed by atoms with Gasteiger partial charge in [0.15, 0.2) is 0 Å². The SMILES string of the molecule is Nc1ccc2c(I)c[nH]c2c1. The topological polar surface area (TPSA) is 41.8 Å². The highest BCUT2D eigenvalue weighted by molar-refractivity contribution is 14.1. The van der Waals surface area contributed by atoms with Crippen LogP contribution in [-0.2, 0) is 0 Å². The molecule has 0 bridgehead atoms. The summed E-state index contributed by atoms with van der Waals surface area (Å²) in [4.78, 5) is 3.14. The van der Waals surface area contributed by atoms with Gasteiger partial charge in [-0.2, -0.15) is 0 Å². The molecule has 0 radical (unpaired) electrons. The third-order valence-corrected chi connectivity index (χ3v) is 2.55. The van der Waals surface area contributed by atoms with Gasteiger partial charge >= 0.3 is 0 Å². The molecule has 0 saturated heterocycles. The van der Waals surface area contributed by atoms with Gasteiger partial charge in [0.1, 0.15) is 0 Å². The minimum atomic E-state index is 0.802. The third kappa shape index (κ3) is 1.09. The Morgan fingerprint density at radius 1 is 1.36 bits per heavy atom. The summed E-state index contributed by atoms with van der Waals surface area (Å²) in [5.74, 6) is 0. The minimum Gasteiger partial charge on any atom is -0.399 e. The second-order valence-electron chi connectivity index (χ2n) is 2.44. The monoisotopic (exact) mass is 258 g/mol. The normalized spacial score (nSPS) is 10.6. The smallest absolute Gasteiger partial charge is 0.0485 e. The molecule has 1 aromatic heterocycles. The van der Waals surface area contributed by atoms with E-state index in [1.807, 2.05) is 24.4 Å². The molecule has 3 heteroatoms. The van der Waals surface area contributed by atoms with Crippen molar-refractivity contribution in [1.82, 2.24) is 4.98 Å². The summed E-state index contributed by atoms with van der Waals surface area (Å²) >= 11 is 2.29. The van der Waals surface area contributed by atoms with Crippen LogP contribution in [0.1, 0.15) is 0 Å². The van der Waals surface area contributed by atoms with Crippen molar-refractivity contribution in [3.63, 3.8) is 0 Å². The maximum Gasteiger partial charge on any atom is 0.0485 e. The van der Waals surface area contributed by atoms with Gasteiger partial charge in [-0.1, -0.05) is 0 Å². The van der Waals surface area contributed by atoms with Crippen molar-refractivity contribution in [2.75, 3.05) is 5.73 Å². The average Bonchev–Trinajstić information content (AvgIpc) is 2.32. The summed E-state index contributed by atoms with van der Waals surface area (Å²) in [7, 11) is 0. The zero-order valence-corrected chi connectivity index (χ0v) is 7.92. The number of aromatic nitrogens is 1. The highest BCUT2D eigenvalue weighted by Gasteiger charge is 1.98. The Balaban J connectivity index is 2.86. The fourth-order valence-corrected chi connectivity index (χ4v) is 1.73. The number of halogens is 1. The van der Waals surface area contributed by atoms with Gasteiger partial charge in [-0.05, 0) is 40.8 Å². The van der Waals surface area contributed by atoms with Crippen LogP contribution in [0.3, 0.4) is 0 Å². The molecule has 2 aromatic rings. The minimum absolute atomic E-state index is 0.802. The van der Waals surface area contributed by atoms with E-state index in [1.54, 1.807) is 0 Å². The number of nitrogens with two attached hydrogens (primary N) is 1. The second kappa shape index (κ2) is 2.41. The highest BCUT2D eigenvalue weighted by atomic mass is 127. The molecule has 1 aromatic carbocycles. The number of nitrogens with one attached hydrogen (secondary N) is 1. The van der Waals surface area contributed by atoms with Gasteiger partial charge in [-0.15, -0.1) is 0 Å². The second-order valence-corrected chi connectivity index (χ2v) is 3.60. The van der Waals surface area contributed by atoms with Crippen LogP contribution in [0.25, 0.3) is 10.9 Å². The van der Waals surface area contributed by atoms with Gasteiger partial charge in [0.2, 0.25) is 0 Å². The average molecular weight is 258 g/mol. The van der Waals surface area contributed by atoms with Crippen molar-refractivity contribution < 1.29 is 0 Å². The molecule has 1 heterocycles. The molecule has 0 aliphatic heterocycles. The lowest BCUT2D eigenvalue weighted by atomic mass is 10.2. The fraction of sp³-hybridized carbons (Fsp3) is 0. The van der Waals surface area contributed by atoms with Crippen LogP contribution in [0.4, 0.5) is 5.69 Å². The lowest BCUT2D eigenvalue weighted by molar-refractivity contribution is 1.47. The maximum absolute atomic E-state index is 5.61. The number of anilines is 1. The Morgan fingerprint density at radius 3 is 3.00 bits per heavy atom. The van der Waals surface area contributed by atoms with Crippen LogP contribution in [0, 0.1) is 3.57 Å². The van der Waals surface area contributed by atoms with Crippen LogP contribution < -0.4 is 5.73 Å². The predicted octanol–water partition coefficient (Wildman–Crippen LogP) is 2.35.